The Morgan fingerprint density at radius 3 is 2.40 bits per heavy atom. The molecule has 1 fully saturated rings. The van der Waals surface area contributed by atoms with E-state index >= 15 is 0 Å². The SMILES string of the molecule is CC(=O)N1CCc2cc(C(=O)NCc3ccc(CN4CCC(C)CC4)cc3)ccc21. The maximum Gasteiger partial charge on any atom is 0.251 e. The van der Waals surface area contributed by atoms with E-state index in [9.17, 15) is 9.59 Å². The lowest BCUT2D eigenvalue weighted by Crippen LogP contribution is -2.32. The summed E-state index contributed by atoms with van der Waals surface area (Å²) in [6.07, 6.45) is 3.38. The van der Waals surface area contributed by atoms with Gasteiger partial charge in [0.05, 0.1) is 0 Å². The van der Waals surface area contributed by atoms with Gasteiger partial charge in [-0.25, -0.2) is 0 Å². The van der Waals surface area contributed by atoms with Gasteiger partial charge in [0.25, 0.3) is 5.91 Å². The molecule has 0 saturated carbocycles. The average molecular weight is 406 g/mol. The molecule has 0 aromatic heterocycles. The highest BCUT2D eigenvalue weighted by molar-refractivity contribution is 5.97. The molecule has 0 radical (unpaired) electrons. The summed E-state index contributed by atoms with van der Waals surface area (Å²) >= 11 is 0. The van der Waals surface area contributed by atoms with Gasteiger partial charge in [0.15, 0.2) is 0 Å². The Hall–Kier alpha value is -2.66. The lowest BCUT2D eigenvalue weighted by Gasteiger charge is -2.30. The van der Waals surface area contributed by atoms with Gasteiger partial charge in [0.2, 0.25) is 5.91 Å². The van der Waals surface area contributed by atoms with E-state index in [0.717, 1.165) is 35.7 Å². The Balaban J connectivity index is 1.30. The van der Waals surface area contributed by atoms with Crippen LogP contribution in [0.15, 0.2) is 42.5 Å². The van der Waals surface area contributed by atoms with Crippen LogP contribution in [0.5, 0.6) is 0 Å². The number of carbonyl (C=O) groups excluding carboxylic acids is 2. The first-order chi connectivity index (χ1) is 14.5. The fourth-order valence-corrected chi connectivity index (χ4v) is 4.40. The Labute approximate surface area is 179 Å². The average Bonchev–Trinajstić information content (AvgIpc) is 3.18. The number of piperidine rings is 1. The summed E-state index contributed by atoms with van der Waals surface area (Å²) in [7, 11) is 0. The highest BCUT2D eigenvalue weighted by atomic mass is 16.2. The van der Waals surface area contributed by atoms with Gasteiger partial charge >= 0.3 is 0 Å². The van der Waals surface area contributed by atoms with Crippen molar-refractivity contribution in [3.05, 3.63) is 64.7 Å². The third-order valence-corrected chi connectivity index (χ3v) is 6.38. The molecule has 1 saturated heterocycles. The number of likely N-dealkylation sites (tertiary alicyclic amines) is 1. The van der Waals surface area contributed by atoms with E-state index in [4.69, 9.17) is 0 Å². The van der Waals surface area contributed by atoms with E-state index in [1.165, 1.54) is 31.5 Å². The lowest BCUT2D eigenvalue weighted by atomic mass is 9.99. The topological polar surface area (TPSA) is 52.7 Å². The fraction of sp³-hybridized carbons (Fsp3) is 0.440. The first kappa shape index (κ1) is 20.6. The molecule has 5 nitrogen and oxygen atoms in total. The van der Waals surface area contributed by atoms with Gasteiger partial charge in [-0.05, 0) is 73.2 Å². The fourth-order valence-electron chi connectivity index (χ4n) is 4.40. The van der Waals surface area contributed by atoms with Crippen LogP contribution in [0.2, 0.25) is 0 Å². The number of nitrogens with zero attached hydrogens (tertiary/aromatic N) is 2. The van der Waals surface area contributed by atoms with Crippen LogP contribution in [0.1, 0.15) is 53.7 Å². The molecule has 158 valence electrons. The van der Waals surface area contributed by atoms with Crippen molar-refractivity contribution < 1.29 is 9.59 Å². The van der Waals surface area contributed by atoms with Gasteiger partial charge in [-0.1, -0.05) is 31.2 Å². The molecular weight excluding hydrogens is 374 g/mol. The molecule has 2 aliphatic rings. The molecule has 0 spiro atoms. The highest BCUT2D eigenvalue weighted by Gasteiger charge is 2.23. The molecule has 0 unspecified atom stereocenters. The number of anilines is 1. The molecule has 4 rings (SSSR count). The predicted molar refractivity (Wildman–Crippen MR) is 119 cm³/mol. The minimum absolute atomic E-state index is 0.0456. The van der Waals surface area contributed by atoms with Gasteiger partial charge in [0.1, 0.15) is 0 Å². The van der Waals surface area contributed by atoms with Crippen molar-refractivity contribution in [3.63, 3.8) is 0 Å². The van der Waals surface area contributed by atoms with Gasteiger partial charge in [0, 0.05) is 37.8 Å². The van der Waals surface area contributed by atoms with Crippen molar-refractivity contribution in [2.75, 3.05) is 24.5 Å². The molecule has 2 heterocycles. The Kier molecular flexibility index (Phi) is 6.18. The molecule has 5 heteroatoms. The zero-order valence-corrected chi connectivity index (χ0v) is 18.0. The molecule has 1 N–H and O–H groups in total. The van der Waals surface area contributed by atoms with Crippen molar-refractivity contribution in [1.82, 2.24) is 10.2 Å². The van der Waals surface area contributed by atoms with Crippen molar-refractivity contribution in [3.8, 4) is 0 Å². The first-order valence-electron chi connectivity index (χ1n) is 11.0. The zero-order chi connectivity index (χ0) is 21.1. The minimum atomic E-state index is -0.0782. The number of nitrogens with one attached hydrogen (secondary N) is 1. The molecule has 0 bridgehead atoms. The molecular formula is C25H31N3O2. The van der Waals surface area contributed by atoms with Gasteiger partial charge in [-0.3, -0.25) is 14.5 Å². The number of fused-ring (bicyclic) bond motifs is 1. The molecule has 30 heavy (non-hydrogen) atoms. The predicted octanol–water partition coefficient (Wildman–Crippen LogP) is 3.76. The van der Waals surface area contributed by atoms with Crippen LogP contribution in [0.4, 0.5) is 5.69 Å². The summed E-state index contributed by atoms with van der Waals surface area (Å²) in [5.41, 5.74) is 5.07. The zero-order valence-electron chi connectivity index (χ0n) is 18.0. The van der Waals surface area contributed by atoms with Crippen LogP contribution in [-0.4, -0.2) is 36.3 Å². The molecule has 2 aliphatic heterocycles. The van der Waals surface area contributed by atoms with Crippen LogP contribution in [0.3, 0.4) is 0 Å². The number of hydrogen-bond acceptors (Lipinski definition) is 3. The Morgan fingerprint density at radius 1 is 1.00 bits per heavy atom. The van der Waals surface area contributed by atoms with Crippen LogP contribution < -0.4 is 10.2 Å². The molecule has 2 amide bonds. The number of amides is 2. The highest BCUT2D eigenvalue weighted by Crippen LogP contribution is 2.29. The standard InChI is InChI=1S/C25H31N3O2/c1-18-9-12-27(13-10-18)17-21-5-3-20(4-6-21)16-26-25(30)23-7-8-24-22(15-23)11-14-28(24)19(2)29/h3-8,15,18H,9-14,16-17H2,1-2H3,(H,26,30). The van der Waals surface area contributed by atoms with Crippen LogP contribution in [0.25, 0.3) is 0 Å². The van der Waals surface area contributed by atoms with Gasteiger partial charge in [-0.15, -0.1) is 0 Å². The number of carbonyl (C=O) groups is 2. The lowest BCUT2D eigenvalue weighted by molar-refractivity contribution is -0.116. The van der Waals surface area contributed by atoms with Crippen LogP contribution in [-0.2, 0) is 24.3 Å². The molecule has 2 aromatic rings. The van der Waals surface area contributed by atoms with E-state index < -0.39 is 0 Å². The summed E-state index contributed by atoms with van der Waals surface area (Å²) < 4.78 is 0. The van der Waals surface area contributed by atoms with E-state index in [1.54, 1.807) is 17.9 Å². The summed E-state index contributed by atoms with van der Waals surface area (Å²) in [5, 5.41) is 3.02. The van der Waals surface area contributed by atoms with Gasteiger partial charge < -0.3 is 10.2 Å². The largest absolute Gasteiger partial charge is 0.348 e. The summed E-state index contributed by atoms with van der Waals surface area (Å²) in [5.74, 6) is 0.820. The second-order valence-electron chi connectivity index (χ2n) is 8.72. The second kappa shape index (κ2) is 9.00. The third kappa shape index (κ3) is 4.73. The molecule has 0 aliphatic carbocycles. The van der Waals surface area contributed by atoms with E-state index in [2.05, 4.69) is 41.4 Å². The number of benzene rings is 2. The first-order valence-corrected chi connectivity index (χ1v) is 11.0. The number of rotatable bonds is 5. The second-order valence-corrected chi connectivity index (χ2v) is 8.72. The Morgan fingerprint density at radius 2 is 1.70 bits per heavy atom. The molecule has 2 aromatic carbocycles. The van der Waals surface area contributed by atoms with Crippen molar-refractivity contribution in [2.24, 2.45) is 5.92 Å². The van der Waals surface area contributed by atoms with E-state index in [0.29, 0.717) is 18.7 Å². The van der Waals surface area contributed by atoms with Crippen LogP contribution in [0, 0.1) is 5.92 Å². The minimum Gasteiger partial charge on any atom is -0.348 e. The quantitative estimate of drug-likeness (QED) is 0.824. The summed E-state index contributed by atoms with van der Waals surface area (Å²) in [4.78, 5) is 28.6. The van der Waals surface area contributed by atoms with Crippen molar-refractivity contribution in [1.29, 1.82) is 0 Å². The summed E-state index contributed by atoms with van der Waals surface area (Å²) in [6.45, 7) is 8.49. The van der Waals surface area contributed by atoms with E-state index in [1.807, 2.05) is 12.1 Å². The van der Waals surface area contributed by atoms with E-state index in [-0.39, 0.29) is 11.8 Å². The van der Waals surface area contributed by atoms with Crippen molar-refractivity contribution >= 4 is 17.5 Å². The number of hydrogen-bond donors (Lipinski definition) is 1. The smallest absolute Gasteiger partial charge is 0.251 e. The van der Waals surface area contributed by atoms with Crippen molar-refractivity contribution in [2.45, 2.75) is 46.2 Å². The molecule has 0 atom stereocenters. The summed E-state index contributed by atoms with van der Waals surface area (Å²) in [6, 6.07) is 14.2. The third-order valence-electron chi connectivity index (χ3n) is 6.38. The Bertz CT molecular complexity index is 914. The van der Waals surface area contributed by atoms with Crippen LogP contribution >= 0.6 is 0 Å². The monoisotopic (exact) mass is 405 g/mol. The maximum atomic E-state index is 12.6. The normalized spacial score (nSPS) is 17.1. The maximum absolute atomic E-state index is 12.6. The van der Waals surface area contributed by atoms with Gasteiger partial charge in [-0.2, -0.15) is 0 Å².